The molecule has 7 heavy (non-hydrogen) atoms. The van der Waals surface area contributed by atoms with Gasteiger partial charge in [0.1, 0.15) is 0 Å². The highest BCUT2D eigenvalue weighted by molar-refractivity contribution is 7.67. The van der Waals surface area contributed by atoms with E-state index >= 15 is 0 Å². The fraction of sp³-hybridized carbons (Fsp3) is 0.667. The molecule has 0 unspecified atom stereocenters. The highest BCUT2D eigenvalue weighted by atomic mass is 32.2. The van der Waals surface area contributed by atoms with Crippen molar-refractivity contribution in [1.82, 2.24) is 0 Å². The van der Waals surface area contributed by atoms with Gasteiger partial charge in [-0.05, 0) is 6.42 Å². The van der Waals surface area contributed by atoms with E-state index in [1.54, 1.807) is 13.3 Å². The SMILES string of the molecule is C[CH]CO[SH](=O)=O. The third kappa shape index (κ3) is 5.91. The van der Waals surface area contributed by atoms with Gasteiger partial charge in [-0.1, -0.05) is 6.92 Å². The molecule has 0 rings (SSSR count). The summed E-state index contributed by atoms with van der Waals surface area (Å²) in [7, 11) is -2.64. The molecule has 0 aromatic rings. The van der Waals surface area contributed by atoms with E-state index < -0.39 is 11.0 Å². The van der Waals surface area contributed by atoms with E-state index in [4.69, 9.17) is 0 Å². The number of hydrogen-bond acceptors (Lipinski definition) is 3. The molecule has 43 valence electrons. The molecule has 0 aromatic carbocycles. The molecule has 0 N–H and O–H groups in total. The van der Waals surface area contributed by atoms with E-state index in [0.717, 1.165) is 0 Å². The first-order valence-corrected chi connectivity index (χ1v) is 2.92. The van der Waals surface area contributed by atoms with Crippen LogP contribution in [0.3, 0.4) is 0 Å². The Labute approximate surface area is 44.4 Å². The average molecular weight is 123 g/mol. The first-order valence-electron chi connectivity index (χ1n) is 1.82. The van der Waals surface area contributed by atoms with Crippen LogP contribution in [0.5, 0.6) is 0 Å². The molecule has 3 nitrogen and oxygen atoms in total. The predicted octanol–water partition coefficient (Wildman–Crippen LogP) is -0.246. The van der Waals surface area contributed by atoms with E-state index in [1.807, 2.05) is 0 Å². The molecule has 0 heterocycles. The molecule has 0 amide bonds. The predicted molar refractivity (Wildman–Crippen MR) is 26.2 cm³/mol. The lowest BCUT2D eigenvalue weighted by molar-refractivity contribution is 0.363. The molecule has 0 spiro atoms. The van der Waals surface area contributed by atoms with Crippen molar-refractivity contribution in [2.45, 2.75) is 6.92 Å². The van der Waals surface area contributed by atoms with Gasteiger partial charge in [0.05, 0.1) is 6.61 Å². The number of hydrogen-bond donors (Lipinski definition) is 1. The van der Waals surface area contributed by atoms with Crippen molar-refractivity contribution in [2.24, 2.45) is 0 Å². The van der Waals surface area contributed by atoms with Gasteiger partial charge in [-0.3, -0.25) is 4.18 Å². The van der Waals surface area contributed by atoms with Crippen molar-refractivity contribution in [3.05, 3.63) is 6.42 Å². The molecule has 1 radical (unpaired) electrons. The highest BCUT2D eigenvalue weighted by Crippen LogP contribution is 1.75. The quantitative estimate of drug-likeness (QED) is 0.526. The third-order valence-electron chi connectivity index (χ3n) is 0.347. The van der Waals surface area contributed by atoms with Crippen LogP contribution in [0.25, 0.3) is 0 Å². The largest absolute Gasteiger partial charge is 0.272 e. The van der Waals surface area contributed by atoms with Gasteiger partial charge in [0, 0.05) is 0 Å². The van der Waals surface area contributed by atoms with Crippen molar-refractivity contribution in [3.63, 3.8) is 0 Å². The van der Waals surface area contributed by atoms with Crippen LogP contribution in [-0.4, -0.2) is 15.0 Å². The molecule has 0 saturated heterocycles. The first-order chi connectivity index (χ1) is 3.27. The normalized spacial score (nSPS) is 10.0. The summed E-state index contributed by atoms with van der Waals surface area (Å²) in [6.07, 6.45) is 1.62. The monoisotopic (exact) mass is 123 g/mol. The van der Waals surface area contributed by atoms with E-state index in [9.17, 15) is 8.42 Å². The number of rotatable bonds is 3. The van der Waals surface area contributed by atoms with Crippen molar-refractivity contribution in [2.75, 3.05) is 6.61 Å². The van der Waals surface area contributed by atoms with Gasteiger partial charge in [0.25, 0.3) is 11.0 Å². The van der Waals surface area contributed by atoms with Gasteiger partial charge in [-0.15, -0.1) is 0 Å². The highest BCUT2D eigenvalue weighted by Gasteiger charge is 1.79. The zero-order valence-electron chi connectivity index (χ0n) is 3.96. The van der Waals surface area contributed by atoms with Gasteiger partial charge >= 0.3 is 0 Å². The Morgan fingerprint density at radius 2 is 2.29 bits per heavy atom. The van der Waals surface area contributed by atoms with Gasteiger partial charge in [-0.2, -0.15) is 0 Å². The fourth-order valence-corrected chi connectivity index (χ4v) is 0.406. The van der Waals surface area contributed by atoms with Crippen LogP contribution in [-0.2, 0) is 15.2 Å². The fourth-order valence-electron chi connectivity index (χ4n) is 0.135. The maximum atomic E-state index is 9.55. The lowest BCUT2D eigenvalue weighted by atomic mass is 10.5. The lowest BCUT2D eigenvalue weighted by Crippen LogP contribution is -1.88. The maximum Gasteiger partial charge on any atom is 0.257 e. The molecule has 4 heteroatoms. The van der Waals surface area contributed by atoms with Gasteiger partial charge < -0.3 is 0 Å². The Morgan fingerprint density at radius 3 is 2.43 bits per heavy atom. The second-order valence-corrected chi connectivity index (χ2v) is 1.63. The minimum absolute atomic E-state index is 0.179. The second-order valence-electron chi connectivity index (χ2n) is 0.928. The van der Waals surface area contributed by atoms with Crippen LogP contribution >= 0.6 is 0 Å². The summed E-state index contributed by atoms with van der Waals surface area (Å²) >= 11 is 0. The summed E-state index contributed by atoms with van der Waals surface area (Å²) in [6.45, 7) is 1.90. The molecular formula is C3H7O3S. The molecule has 0 aliphatic carbocycles. The topological polar surface area (TPSA) is 43.4 Å². The summed E-state index contributed by atoms with van der Waals surface area (Å²) in [5.41, 5.74) is 0. The Morgan fingerprint density at radius 1 is 1.71 bits per heavy atom. The Bertz CT molecular complexity index is 88.4. The van der Waals surface area contributed by atoms with Gasteiger partial charge in [0.2, 0.25) is 0 Å². The maximum absolute atomic E-state index is 9.55. The minimum atomic E-state index is -2.64. The first kappa shape index (κ1) is 6.91. The minimum Gasteiger partial charge on any atom is -0.272 e. The third-order valence-corrected chi connectivity index (χ3v) is 0.707. The van der Waals surface area contributed by atoms with Gasteiger partial charge in [0.15, 0.2) is 0 Å². The van der Waals surface area contributed by atoms with E-state index in [2.05, 4.69) is 4.18 Å². The van der Waals surface area contributed by atoms with Crippen LogP contribution < -0.4 is 0 Å². The lowest BCUT2D eigenvalue weighted by Gasteiger charge is -1.84. The molecular weight excluding hydrogens is 116 g/mol. The van der Waals surface area contributed by atoms with Crippen LogP contribution in [0, 0.1) is 6.42 Å². The van der Waals surface area contributed by atoms with Gasteiger partial charge in [-0.25, -0.2) is 8.42 Å². The van der Waals surface area contributed by atoms with Crippen LogP contribution in [0.2, 0.25) is 0 Å². The molecule has 0 saturated carbocycles. The average Bonchev–Trinajstić information content (AvgIpc) is 1.61. The molecule has 0 fully saturated rings. The zero-order chi connectivity index (χ0) is 5.70. The zero-order valence-corrected chi connectivity index (χ0v) is 4.85. The summed E-state index contributed by atoms with van der Waals surface area (Å²) in [5.74, 6) is 0. The molecule has 0 atom stereocenters. The standard InChI is InChI=1S/C3H7O3S/c1-2-3-6-7(4)5/h2,7H,3H2,1H3. The number of thiol groups is 1. The van der Waals surface area contributed by atoms with E-state index in [0.29, 0.717) is 0 Å². The Hall–Kier alpha value is -0.0900. The Kier molecular flexibility index (Phi) is 4.03. The van der Waals surface area contributed by atoms with Crippen molar-refractivity contribution < 1.29 is 12.6 Å². The summed E-state index contributed by atoms with van der Waals surface area (Å²) < 4.78 is 23.2. The van der Waals surface area contributed by atoms with Crippen LogP contribution in [0.15, 0.2) is 0 Å². The smallest absolute Gasteiger partial charge is 0.257 e. The van der Waals surface area contributed by atoms with Crippen molar-refractivity contribution in [3.8, 4) is 0 Å². The van der Waals surface area contributed by atoms with Crippen LogP contribution in [0.1, 0.15) is 6.92 Å². The summed E-state index contributed by atoms with van der Waals surface area (Å²) in [5, 5.41) is 0. The summed E-state index contributed by atoms with van der Waals surface area (Å²) in [6, 6.07) is 0. The van der Waals surface area contributed by atoms with Crippen molar-refractivity contribution >= 4 is 11.0 Å². The molecule has 0 bridgehead atoms. The molecule has 0 aliphatic rings. The summed E-state index contributed by atoms with van der Waals surface area (Å²) in [4.78, 5) is 0. The Balaban J connectivity index is 2.98. The molecule has 0 aromatic heterocycles. The van der Waals surface area contributed by atoms with E-state index in [-0.39, 0.29) is 6.61 Å². The van der Waals surface area contributed by atoms with Crippen LogP contribution in [0.4, 0.5) is 0 Å². The molecule has 0 aliphatic heterocycles. The van der Waals surface area contributed by atoms with E-state index in [1.165, 1.54) is 0 Å². The van der Waals surface area contributed by atoms with Crippen molar-refractivity contribution in [1.29, 1.82) is 0 Å². The second kappa shape index (κ2) is 4.08.